The van der Waals surface area contributed by atoms with Gasteiger partial charge in [0.15, 0.2) is 5.78 Å². The Labute approximate surface area is 136 Å². The molecule has 0 aliphatic heterocycles. The lowest BCUT2D eigenvalue weighted by Crippen LogP contribution is -2.11. The molecule has 0 spiro atoms. The lowest BCUT2D eigenvalue weighted by molar-refractivity contribution is 0.102. The molecule has 3 aromatic rings. The average Bonchev–Trinajstić information content (AvgIpc) is 2.95. The summed E-state index contributed by atoms with van der Waals surface area (Å²) in [4.78, 5) is 12.2. The second-order valence-electron chi connectivity index (χ2n) is 4.73. The van der Waals surface area contributed by atoms with E-state index in [0.717, 1.165) is 0 Å². The molecule has 2 aromatic carbocycles. The Kier molecular flexibility index (Phi) is 3.88. The molecule has 6 heteroatoms. The van der Waals surface area contributed by atoms with E-state index >= 15 is 0 Å². The minimum absolute atomic E-state index is 0.145. The first-order chi connectivity index (χ1) is 10.6. The van der Waals surface area contributed by atoms with E-state index in [4.69, 9.17) is 0 Å². The van der Waals surface area contributed by atoms with Crippen LogP contribution < -0.4 is 0 Å². The van der Waals surface area contributed by atoms with Crippen LogP contribution >= 0.6 is 15.9 Å². The molecule has 0 radical (unpaired) electrons. The number of carbonyl (C=O) groups excluding carboxylic acids is 1. The first-order valence-electron chi connectivity index (χ1n) is 6.55. The van der Waals surface area contributed by atoms with Crippen LogP contribution in [0.1, 0.15) is 10.4 Å². The maximum absolute atomic E-state index is 12.8. The monoisotopic (exact) mass is 377 g/mol. The summed E-state index contributed by atoms with van der Waals surface area (Å²) in [5.41, 5.74) is 0.891. The van der Waals surface area contributed by atoms with Gasteiger partial charge >= 0.3 is 0 Å². The summed E-state index contributed by atoms with van der Waals surface area (Å²) in [5, 5.41) is 0.776. The molecule has 0 aliphatic carbocycles. The molecule has 0 unspecified atom stereocenters. The number of halogens is 1. The molecule has 3 rings (SSSR count). The van der Waals surface area contributed by atoms with Crippen LogP contribution in [0, 0.1) is 0 Å². The molecule has 0 saturated heterocycles. The van der Waals surface area contributed by atoms with Crippen molar-refractivity contribution in [2.75, 3.05) is 5.33 Å². The highest BCUT2D eigenvalue weighted by Gasteiger charge is 2.22. The quantitative estimate of drug-likeness (QED) is 0.516. The van der Waals surface area contributed by atoms with E-state index in [9.17, 15) is 13.2 Å². The van der Waals surface area contributed by atoms with Gasteiger partial charge in [0.25, 0.3) is 10.0 Å². The maximum atomic E-state index is 12.8. The van der Waals surface area contributed by atoms with Gasteiger partial charge in [0.1, 0.15) is 0 Å². The molecule has 22 heavy (non-hydrogen) atoms. The average molecular weight is 378 g/mol. The number of hydrogen-bond acceptors (Lipinski definition) is 3. The summed E-state index contributed by atoms with van der Waals surface area (Å²) >= 11 is 3.13. The smallest absolute Gasteiger partial charge is 0.268 e. The maximum Gasteiger partial charge on any atom is 0.268 e. The molecule has 0 fully saturated rings. The van der Waals surface area contributed by atoms with Gasteiger partial charge in [-0.3, -0.25) is 4.79 Å². The number of Topliss-reactive ketones (excluding diaryl/α,β-unsaturated/α-hetero) is 1. The van der Waals surface area contributed by atoms with E-state index < -0.39 is 10.0 Å². The molecule has 1 aromatic heterocycles. The number of benzene rings is 2. The second-order valence-corrected chi connectivity index (χ2v) is 7.11. The first kappa shape index (κ1) is 15.0. The third-order valence-corrected chi connectivity index (χ3v) is 5.60. The van der Waals surface area contributed by atoms with Gasteiger partial charge in [0, 0.05) is 17.1 Å². The Hall–Kier alpha value is -1.92. The minimum atomic E-state index is -3.74. The number of fused-ring (bicyclic) bond motifs is 1. The van der Waals surface area contributed by atoms with Gasteiger partial charge in [-0.2, -0.15) is 0 Å². The Morgan fingerprint density at radius 1 is 1.00 bits per heavy atom. The standard InChI is InChI=1S/C16H12BrNO3S/c17-10-16(19)14-11-18(15-9-5-4-8-13(14)15)22(20,21)12-6-2-1-3-7-12/h1-9,11H,10H2. The Morgan fingerprint density at radius 2 is 1.64 bits per heavy atom. The van der Waals surface area contributed by atoms with Gasteiger partial charge in [-0.1, -0.05) is 52.3 Å². The lowest BCUT2D eigenvalue weighted by atomic mass is 10.1. The third kappa shape index (κ3) is 2.38. The van der Waals surface area contributed by atoms with Gasteiger partial charge in [-0.25, -0.2) is 12.4 Å². The summed E-state index contributed by atoms with van der Waals surface area (Å²) < 4.78 is 26.8. The molecule has 112 valence electrons. The van der Waals surface area contributed by atoms with Crippen LogP contribution in [0.4, 0.5) is 0 Å². The van der Waals surface area contributed by atoms with Gasteiger partial charge in [-0.15, -0.1) is 0 Å². The van der Waals surface area contributed by atoms with Gasteiger partial charge in [0.05, 0.1) is 15.7 Å². The van der Waals surface area contributed by atoms with Crippen molar-refractivity contribution in [3.05, 3.63) is 66.4 Å². The predicted octanol–water partition coefficient (Wildman–Crippen LogP) is 3.46. The normalized spacial score (nSPS) is 11.7. The highest BCUT2D eigenvalue weighted by Crippen LogP contribution is 2.26. The Balaban J connectivity index is 2.31. The summed E-state index contributed by atoms with van der Waals surface area (Å²) in [6.07, 6.45) is 1.40. The van der Waals surface area contributed by atoms with Crippen molar-refractivity contribution in [1.29, 1.82) is 0 Å². The predicted molar refractivity (Wildman–Crippen MR) is 89.1 cm³/mol. The van der Waals surface area contributed by atoms with E-state index in [2.05, 4.69) is 15.9 Å². The Morgan fingerprint density at radius 3 is 2.32 bits per heavy atom. The fraction of sp³-hybridized carbons (Fsp3) is 0.0625. The van der Waals surface area contributed by atoms with Crippen molar-refractivity contribution >= 4 is 42.6 Å². The van der Waals surface area contributed by atoms with Crippen molar-refractivity contribution in [2.45, 2.75) is 4.90 Å². The minimum Gasteiger partial charge on any atom is -0.293 e. The van der Waals surface area contributed by atoms with Crippen LogP contribution in [0.3, 0.4) is 0 Å². The molecule has 0 bridgehead atoms. The molecular weight excluding hydrogens is 366 g/mol. The summed E-state index contributed by atoms with van der Waals surface area (Å²) in [6, 6.07) is 15.2. The molecule has 1 heterocycles. The van der Waals surface area contributed by atoms with Crippen molar-refractivity contribution in [1.82, 2.24) is 3.97 Å². The topological polar surface area (TPSA) is 56.1 Å². The van der Waals surface area contributed by atoms with Crippen molar-refractivity contribution in [3.8, 4) is 0 Å². The highest BCUT2D eigenvalue weighted by atomic mass is 79.9. The summed E-state index contributed by atoms with van der Waals surface area (Å²) in [6.45, 7) is 0. The van der Waals surface area contributed by atoms with Gasteiger partial charge < -0.3 is 0 Å². The van der Waals surface area contributed by atoms with Crippen LogP contribution in [0.15, 0.2) is 65.7 Å². The Bertz CT molecular complexity index is 946. The summed E-state index contributed by atoms with van der Waals surface area (Å²) in [5.74, 6) is -0.154. The number of carbonyl (C=O) groups is 1. The summed E-state index contributed by atoms with van der Waals surface area (Å²) in [7, 11) is -3.74. The van der Waals surface area contributed by atoms with E-state index in [1.807, 2.05) is 0 Å². The number of aromatic nitrogens is 1. The zero-order chi connectivity index (χ0) is 15.7. The van der Waals surface area contributed by atoms with Crippen molar-refractivity contribution in [3.63, 3.8) is 0 Å². The fourth-order valence-electron chi connectivity index (χ4n) is 2.35. The molecule has 0 aliphatic rings. The lowest BCUT2D eigenvalue weighted by Gasteiger charge is -2.07. The number of nitrogens with zero attached hydrogens (tertiary/aromatic N) is 1. The van der Waals surface area contributed by atoms with Crippen LogP contribution in [-0.4, -0.2) is 23.5 Å². The zero-order valence-electron chi connectivity index (χ0n) is 11.4. The van der Waals surface area contributed by atoms with Crippen molar-refractivity contribution in [2.24, 2.45) is 0 Å². The van der Waals surface area contributed by atoms with Gasteiger partial charge in [0.2, 0.25) is 0 Å². The van der Waals surface area contributed by atoms with Crippen LogP contribution in [-0.2, 0) is 10.0 Å². The van der Waals surface area contributed by atoms with E-state index in [1.54, 1.807) is 42.5 Å². The number of alkyl halides is 1. The van der Waals surface area contributed by atoms with E-state index in [1.165, 1.54) is 22.3 Å². The first-order valence-corrected chi connectivity index (χ1v) is 9.12. The number of hydrogen-bond donors (Lipinski definition) is 0. The fourth-order valence-corrected chi connectivity index (χ4v) is 4.04. The van der Waals surface area contributed by atoms with E-state index in [0.29, 0.717) is 16.5 Å². The van der Waals surface area contributed by atoms with E-state index in [-0.39, 0.29) is 16.0 Å². The van der Waals surface area contributed by atoms with Crippen LogP contribution in [0.25, 0.3) is 10.9 Å². The zero-order valence-corrected chi connectivity index (χ0v) is 13.8. The SMILES string of the molecule is O=C(CBr)c1cn(S(=O)(=O)c2ccccc2)c2ccccc12. The van der Waals surface area contributed by atoms with Crippen LogP contribution in [0.2, 0.25) is 0 Å². The molecule has 0 amide bonds. The number of ketones is 1. The van der Waals surface area contributed by atoms with Gasteiger partial charge in [-0.05, 0) is 18.2 Å². The van der Waals surface area contributed by atoms with Crippen molar-refractivity contribution < 1.29 is 13.2 Å². The van der Waals surface area contributed by atoms with Crippen LogP contribution in [0.5, 0.6) is 0 Å². The third-order valence-electron chi connectivity index (χ3n) is 3.40. The highest BCUT2D eigenvalue weighted by molar-refractivity contribution is 9.09. The number of para-hydroxylation sites is 1. The largest absolute Gasteiger partial charge is 0.293 e. The molecule has 4 nitrogen and oxygen atoms in total. The molecule has 0 atom stereocenters. The number of rotatable bonds is 4. The second kappa shape index (κ2) is 5.70. The molecular formula is C16H12BrNO3S. The molecule has 0 N–H and O–H groups in total. The molecule has 0 saturated carbocycles.